The van der Waals surface area contributed by atoms with Crippen LogP contribution >= 0.6 is 0 Å². The first-order valence-electron chi connectivity index (χ1n) is 11.3. The molecule has 0 bridgehead atoms. The minimum atomic E-state index is -0.0241. The molecule has 3 N–H and O–H groups in total. The number of rotatable bonds is 6. The van der Waals surface area contributed by atoms with E-state index in [4.69, 9.17) is 0 Å². The molecule has 0 radical (unpaired) electrons. The molecular formula is C28H29N3O. The number of benzene rings is 3. The summed E-state index contributed by atoms with van der Waals surface area (Å²) in [4.78, 5) is 12.6. The number of anilines is 1. The normalized spacial score (nSPS) is 21.3. The number of allylic oxidation sites excluding steroid dienone is 1. The third-order valence-electron chi connectivity index (χ3n) is 6.65. The molecule has 32 heavy (non-hydrogen) atoms. The van der Waals surface area contributed by atoms with Crippen LogP contribution in [-0.2, 0) is 6.54 Å². The first kappa shape index (κ1) is 20.5. The van der Waals surface area contributed by atoms with E-state index in [1.54, 1.807) is 0 Å². The number of fused-ring (bicyclic) bond motifs is 2. The Bertz CT molecular complexity index is 1180. The molecule has 0 saturated heterocycles. The van der Waals surface area contributed by atoms with Gasteiger partial charge in [-0.25, -0.2) is 0 Å². The summed E-state index contributed by atoms with van der Waals surface area (Å²) in [6.45, 7) is 5.82. The Labute approximate surface area is 189 Å². The Hall–Kier alpha value is -3.37. The van der Waals surface area contributed by atoms with Crippen molar-refractivity contribution in [1.82, 2.24) is 10.6 Å². The van der Waals surface area contributed by atoms with Gasteiger partial charge in [0, 0.05) is 36.3 Å². The molecule has 3 aromatic rings. The molecule has 3 aromatic carbocycles. The molecule has 162 valence electrons. The molecule has 2 heterocycles. The number of nitrogens with one attached hydrogen (secondary N) is 3. The van der Waals surface area contributed by atoms with E-state index in [1.807, 2.05) is 25.1 Å². The van der Waals surface area contributed by atoms with Gasteiger partial charge in [0.1, 0.15) is 0 Å². The second kappa shape index (κ2) is 8.64. The molecule has 4 heteroatoms. The molecule has 3 unspecified atom stereocenters. The Morgan fingerprint density at radius 3 is 2.56 bits per heavy atom. The monoisotopic (exact) mass is 423 g/mol. The van der Waals surface area contributed by atoms with E-state index in [0.29, 0.717) is 0 Å². The topological polar surface area (TPSA) is 53.2 Å². The Morgan fingerprint density at radius 2 is 1.75 bits per heavy atom. The van der Waals surface area contributed by atoms with E-state index in [9.17, 15) is 4.79 Å². The molecule has 4 nitrogen and oxygen atoms in total. The van der Waals surface area contributed by atoms with Gasteiger partial charge in [-0.1, -0.05) is 66.7 Å². The number of aryl methyl sites for hydroxylation is 1. The smallest absolute Gasteiger partial charge is 0.252 e. The quantitative estimate of drug-likeness (QED) is 0.512. The van der Waals surface area contributed by atoms with E-state index in [1.165, 1.54) is 22.3 Å². The summed E-state index contributed by atoms with van der Waals surface area (Å²) in [7, 11) is 0. The molecular weight excluding hydrogens is 394 g/mol. The molecule has 2 aliphatic rings. The fraction of sp³-hybridized carbons (Fsp3) is 0.250. The molecule has 0 aliphatic carbocycles. The van der Waals surface area contributed by atoms with Gasteiger partial charge in [0.25, 0.3) is 5.91 Å². The van der Waals surface area contributed by atoms with Crippen molar-refractivity contribution < 1.29 is 4.79 Å². The first-order valence-corrected chi connectivity index (χ1v) is 11.3. The summed E-state index contributed by atoms with van der Waals surface area (Å²) in [5.74, 6) is 0.198. The van der Waals surface area contributed by atoms with E-state index in [-0.39, 0.29) is 23.9 Å². The van der Waals surface area contributed by atoms with E-state index < -0.39 is 0 Å². The fourth-order valence-electron chi connectivity index (χ4n) is 5.16. The van der Waals surface area contributed by atoms with Crippen LogP contribution in [0.25, 0.3) is 6.08 Å². The van der Waals surface area contributed by atoms with Gasteiger partial charge in [0.05, 0.1) is 6.04 Å². The van der Waals surface area contributed by atoms with Crippen molar-refractivity contribution in [1.29, 1.82) is 0 Å². The maximum absolute atomic E-state index is 12.6. The average molecular weight is 424 g/mol. The lowest BCUT2D eigenvalue weighted by Gasteiger charge is -2.27. The van der Waals surface area contributed by atoms with Crippen molar-refractivity contribution in [2.45, 2.75) is 38.4 Å². The van der Waals surface area contributed by atoms with Crippen molar-refractivity contribution in [3.05, 3.63) is 106 Å². The maximum atomic E-state index is 12.6. The van der Waals surface area contributed by atoms with Gasteiger partial charge in [0.15, 0.2) is 0 Å². The number of amides is 1. The molecule has 0 spiro atoms. The second-order valence-electron chi connectivity index (χ2n) is 8.72. The van der Waals surface area contributed by atoms with Crippen LogP contribution in [0.15, 0.2) is 72.8 Å². The molecule has 5 rings (SSSR count). The Morgan fingerprint density at radius 1 is 0.969 bits per heavy atom. The van der Waals surface area contributed by atoms with Crippen LogP contribution in [0.4, 0.5) is 5.69 Å². The van der Waals surface area contributed by atoms with Crippen molar-refractivity contribution in [2.75, 3.05) is 11.9 Å². The van der Waals surface area contributed by atoms with Crippen LogP contribution in [0.2, 0.25) is 0 Å². The van der Waals surface area contributed by atoms with Gasteiger partial charge in [-0.2, -0.15) is 0 Å². The summed E-state index contributed by atoms with van der Waals surface area (Å²) in [5, 5.41) is 10.6. The van der Waals surface area contributed by atoms with E-state index in [2.05, 4.69) is 83.6 Å². The van der Waals surface area contributed by atoms with Crippen LogP contribution in [-0.4, -0.2) is 18.5 Å². The van der Waals surface area contributed by atoms with Gasteiger partial charge in [-0.3, -0.25) is 4.79 Å². The largest absolute Gasteiger partial charge is 0.380 e. The molecule has 3 atom stereocenters. The highest BCUT2D eigenvalue weighted by atomic mass is 16.2. The number of carbonyl (C=O) groups excluding carboxylic acids is 1. The minimum Gasteiger partial charge on any atom is -0.380 e. The van der Waals surface area contributed by atoms with E-state index in [0.717, 1.165) is 29.9 Å². The van der Waals surface area contributed by atoms with Gasteiger partial charge < -0.3 is 16.0 Å². The van der Waals surface area contributed by atoms with Crippen LogP contribution in [0, 0.1) is 6.92 Å². The van der Waals surface area contributed by atoms with Crippen LogP contribution < -0.4 is 16.0 Å². The minimum absolute atomic E-state index is 0.0241. The molecule has 0 saturated carbocycles. The fourth-order valence-corrected chi connectivity index (χ4v) is 5.16. The highest BCUT2D eigenvalue weighted by Gasteiger charge is 2.42. The summed E-state index contributed by atoms with van der Waals surface area (Å²) in [6.07, 6.45) is 4.22. The number of hydrogen-bond acceptors (Lipinski definition) is 3. The van der Waals surface area contributed by atoms with Crippen LogP contribution in [0.3, 0.4) is 0 Å². The van der Waals surface area contributed by atoms with Gasteiger partial charge in [0.2, 0.25) is 0 Å². The predicted molar refractivity (Wildman–Crippen MR) is 131 cm³/mol. The molecule has 1 amide bonds. The number of para-hydroxylation sites is 1. The zero-order valence-corrected chi connectivity index (χ0v) is 18.6. The van der Waals surface area contributed by atoms with Crippen LogP contribution in [0.5, 0.6) is 0 Å². The highest BCUT2D eigenvalue weighted by molar-refractivity contribution is 5.99. The van der Waals surface area contributed by atoms with Crippen molar-refractivity contribution in [2.24, 2.45) is 0 Å². The highest BCUT2D eigenvalue weighted by Crippen LogP contribution is 2.45. The average Bonchev–Trinajstić information content (AvgIpc) is 3.33. The number of hydrogen-bond donors (Lipinski definition) is 3. The zero-order valence-electron chi connectivity index (χ0n) is 18.6. The molecule has 0 fully saturated rings. The zero-order chi connectivity index (χ0) is 22.1. The molecule has 2 aliphatic heterocycles. The summed E-state index contributed by atoms with van der Waals surface area (Å²) in [5.41, 5.74) is 8.16. The lowest BCUT2D eigenvalue weighted by molar-refractivity contribution is 0.0951. The lowest BCUT2D eigenvalue weighted by atomic mass is 9.84. The Balaban J connectivity index is 1.35. The van der Waals surface area contributed by atoms with E-state index >= 15 is 0 Å². The third kappa shape index (κ3) is 3.71. The van der Waals surface area contributed by atoms with Gasteiger partial charge in [-0.15, -0.1) is 0 Å². The third-order valence-corrected chi connectivity index (χ3v) is 6.65. The molecule has 0 aromatic heterocycles. The predicted octanol–water partition coefficient (Wildman–Crippen LogP) is 5.18. The lowest BCUT2D eigenvalue weighted by Crippen LogP contribution is -2.38. The summed E-state index contributed by atoms with van der Waals surface area (Å²) >= 11 is 0. The summed E-state index contributed by atoms with van der Waals surface area (Å²) in [6, 6.07) is 23.2. The first-order chi connectivity index (χ1) is 15.7. The standard InChI is InChI=1S/C28H29N3O/c1-3-8-20-14-13-19(15-18(20)2)16-29-17-25-26(23-11-6-7-12-24(23)30-25)27-21-9-4-5-10-22(21)28(32)31-27/h3-15,25-27,29-30H,16-17H2,1-2H3,(H,31,32)/b8-3-. The Kier molecular flexibility index (Phi) is 5.54. The van der Waals surface area contributed by atoms with Crippen molar-refractivity contribution >= 4 is 17.7 Å². The summed E-state index contributed by atoms with van der Waals surface area (Å²) < 4.78 is 0. The van der Waals surface area contributed by atoms with Crippen molar-refractivity contribution in [3.8, 4) is 0 Å². The maximum Gasteiger partial charge on any atom is 0.252 e. The van der Waals surface area contributed by atoms with Gasteiger partial charge in [-0.05, 0) is 53.8 Å². The van der Waals surface area contributed by atoms with Crippen LogP contribution in [0.1, 0.15) is 57.1 Å². The van der Waals surface area contributed by atoms with Crippen molar-refractivity contribution in [3.63, 3.8) is 0 Å². The number of carbonyl (C=O) groups is 1. The SMILES string of the molecule is C/C=C\c1ccc(CNCC2Nc3ccccc3C2C2NC(=O)c3ccccc32)cc1C. The second-order valence-corrected chi connectivity index (χ2v) is 8.72. The van der Waals surface area contributed by atoms with Gasteiger partial charge >= 0.3 is 0 Å².